The van der Waals surface area contributed by atoms with Crippen LogP contribution in [0.5, 0.6) is 0 Å². The Morgan fingerprint density at radius 2 is 1.86 bits per heavy atom. The topological polar surface area (TPSA) is 83.0 Å². The normalized spacial score (nSPS) is 16.2. The molecule has 1 saturated heterocycles. The van der Waals surface area contributed by atoms with E-state index in [2.05, 4.69) is 29.5 Å². The van der Waals surface area contributed by atoms with Gasteiger partial charge in [-0.05, 0) is 36.8 Å². The van der Waals surface area contributed by atoms with Crippen molar-refractivity contribution in [3.05, 3.63) is 35.4 Å². The number of guanidine groups is 1. The van der Waals surface area contributed by atoms with Crippen LogP contribution in [0.1, 0.15) is 44.7 Å². The van der Waals surface area contributed by atoms with Crippen molar-refractivity contribution in [3.63, 3.8) is 0 Å². The monoisotopic (exact) mass is 424 g/mol. The van der Waals surface area contributed by atoms with Crippen molar-refractivity contribution < 1.29 is 13.2 Å². The van der Waals surface area contributed by atoms with Crippen LogP contribution in [0.2, 0.25) is 0 Å². The van der Waals surface area contributed by atoms with Gasteiger partial charge in [-0.15, -0.1) is 0 Å². The van der Waals surface area contributed by atoms with Crippen LogP contribution in [0.3, 0.4) is 0 Å². The molecule has 0 radical (unpaired) electrons. The average molecular weight is 425 g/mol. The lowest BCUT2D eigenvalue weighted by atomic mass is 10.1. The lowest BCUT2D eigenvalue weighted by molar-refractivity contribution is 0.0729. The molecular formula is C21H36N4O3S. The third kappa shape index (κ3) is 8.32. The van der Waals surface area contributed by atoms with Crippen LogP contribution in [0.15, 0.2) is 29.3 Å². The molecule has 0 aromatic heterocycles. The SMILES string of the molecule is CCNC(=NCc1ccccc1CS(=O)(=O)N1CCOCC1)NCCCC(C)C. The predicted molar refractivity (Wildman–Crippen MR) is 118 cm³/mol. The minimum atomic E-state index is -3.36. The number of sulfonamides is 1. The van der Waals surface area contributed by atoms with Gasteiger partial charge < -0.3 is 15.4 Å². The Balaban J connectivity index is 2.03. The molecule has 2 N–H and O–H groups in total. The molecule has 1 aliphatic heterocycles. The fourth-order valence-corrected chi connectivity index (χ4v) is 4.75. The van der Waals surface area contributed by atoms with Gasteiger partial charge in [-0.3, -0.25) is 0 Å². The minimum absolute atomic E-state index is 0.00293. The number of nitrogens with zero attached hydrogens (tertiary/aromatic N) is 2. The van der Waals surface area contributed by atoms with Crippen LogP contribution >= 0.6 is 0 Å². The number of hydrogen-bond acceptors (Lipinski definition) is 4. The fraction of sp³-hybridized carbons (Fsp3) is 0.667. The summed E-state index contributed by atoms with van der Waals surface area (Å²) in [5.74, 6) is 1.45. The van der Waals surface area contributed by atoms with Crippen LogP contribution in [0.25, 0.3) is 0 Å². The first kappa shape index (κ1) is 23.6. The molecule has 0 aliphatic carbocycles. The van der Waals surface area contributed by atoms with Crippen LogP contribution < -0.4 is 10.6 Å². The molecule has 0 atom stereocenters. The molecule has 1 fully saturated rings. The van der Waals surface area contributed by atoms with Crippen LogP contribution in [-0.4, -0.2) is 58.1 Å². The highest BCUT2D eigenvalue weighted by Crippen LogP contribution is 2.17. The quantitative estimate of drug-likeness (QED) is 0.342. The zero-order valence-corrected chi connectivity index (χ0v) is 18.8. The molecule has 7 nitrogen and oxygen atoms in total. The second-order valence-corrected chi connectivity index (χ2v) is 9.66. The first-order chi connectivity index (χ1) is 13.9. The summed E-state index contributed by atoms with van der Waals surface area (Å²) in [5, 5.41) is 6.62. The first-order valence-electron chi connectivity index (χ1n) is 10.6. The molecule has 29 heavy (non-hydrogen) atoms. The summed E-state index contributed by atoms with van der Waals surface area (Å²) in [4.78, 5) is 4.67. The van der Waals surface area contributed by atoms with Crippen molar-refractivity contribution in [1.82, 2.24) is 14.9 Å². The molecule has 0 unspecified atom stereocenters. The van der Waals surface area contributed by atoms with Crippen LogP contribution in [0, 0.1) is 5.92 Å². The van der Waals surface area contributed by atoms with Crippen molar-refractivity contribution >= 4 is 16.0 Å². The van der Waals surface area contributed by atoms with Gasteiger partial charge in [-0.1, -0.05) is 38.1 Å². The molecule has 1 aliphatic rings. The molecule has 1 aromatic rings. The number of aliphatic imine (C=N–C) groups is 1. The Labute approximate surface area is 176 Å². The molecular weight excluding hydrogens is 388 g/mol. The molecule has 1 aromatic carbocycles. The van der Waals surface area contributed by atoms with E-state index in [1.165, 1.54) is 10.7 Å². The summed E-state index contributed by atoms with van der Waals surface area (Å²) < 4.78 is 32.4. The molecule has 1 heterocycles. The maximum absolute atomic E-state index is 12.8. The van der Waals surface area contributed by atoms with Crippen molar-refractivity contribution in [1.29, 1.82) is 0 Å². The molecule has 0 amide bonds. The van der Waals surface area contributed by atoms with Crippen molar-refractivity contribution in [2.75, 3.05) is 39.4 Å². The summed E-state index contributed by atoms with van der Waals surface area (Å²) in [7, 11) is -3.36. The summed E-state index contributed by atoms with van der Waals surface area (Å²) in [6.45, 7) is 10.3. The van der Waals surface area contributed by atoms with Gasteiger partial charge in [0.1, 0.15) is 0 Å². The largest absolute Gasteiger partial charge is 0.379 e. The number of benzene rings is 1. The molecule has 0 bridgehead atoms. The molecule has 2 rings (SSSR count). The number of morpholine rings is 1. The van der Waals surface area contributed by atoms with E-state index < -0.39 is 10.0 Å². The third-order valence-corrected chi connectivity index (χ3v) is 6.65. The highest BCUT2D eigenvalue weighted by molar-refractivity contribution is 7.88. The maximum atomic E-state index is 12.8. The zero-order valence-electron chi connectivity index (χ0n) is 18.0. The van der Waals surface area contributed by atoms with Gasteiger partial charge in [-0.2, -0.15) is 4.31 Å². The van der Waals surface area contributed by atoms with Gasteiger partial charge in [0, 0.05) is 26.2 Å². The minimum Gasteiger partial charge on any atom is -0.379 e. The van der Waals surface area contributed by atoms with Gasteiger partial charge in [0.2, 0.25) is 10.0 Å². The average Bonchev–Trinajstić information content (AvgIpc) is 2.70. The second-order valence-electron chi connectivity index (χ2n) is 7.69. The van der Waals surface area contributed by atoms with Gasteiger partial charge >= 0.3 is 0 Å². The Kier molecular flexibility index (Phi) is 9.90. The Morgan fingerprint density at radius 1 is 1.17 bits per heavy atom. The number of ether oxygens (including phenoxy) is 1. The Morgan fingerprint density at radius 3 is 2.52 bits per heavy atom. The molecule has 0 saturated carbocycles. The maximum Gasteiger partial charge on any atom is 0.218 e. The summed E-state index contributed by atoms with van der Waals surface area (Å²) in [5.41, 5.74) is 1.74. The lowest BCUT2D eigenvalue weighted by Crippen LogP contribution is -2.41. The summed E-state index contributed by atoms with van der Waals surface area (Å²) in [6.07, 6.45) is 2.27. The molecule has 0 spiro atoms. The van der Waals surface area contributed by atoms with E-state index in [0.717, 1.165) is 36.6 Å². The highest BCUT2D eigenvalue weighted by Gasteiger charge is 2.25. The Hall–Kier alpha value is -1.64. The smallest absolute Gasteiger partial charge is 0.218 e. The van der Waals surface area contributed by atoms with Gasteiger partial charge in [0.25, 0.3) is 0 Å². The predicted octanol–water partition coefficient (Wildman–Crippen LogP) is 2.34. The highest BCUT2D eigenvalue weighted by atomic mass is 32.2. The number of hydrogen-bond donors (Lipinski definition) is 2. The second kappa shape index (κ2) is 12.1. The van der Waals surface area contributed by atoms with Gasteiger partial charge in [0.15, 0.2) is 5.96 Å². The van der Waals surface area contributed by atoms with Crippen molar-refractivity contribution in [3.8, 4) is 0 Å². The zero-order chi connectivity index (χ0) is 21.1. The molecule has 8 heteroatoms. The van der Waals surface area contributed by atoms with Crippen molar-refractivity contribution in [2.24, 2.45) is 10.9 Å². The fourth-order valence-electron chi connectivity index (χ4n) is 3.19. The summed E-state index contributed by atoms with van der Waals surface area (Å²) in [6, 6.07) is 7.65. The van der Waals surface area contributed by atoms with E-state index >= 15 is 0 Å². The lowest BCUT2D eigenvalue weighted by Gasteiger charge is -2.26. The first-order valence-corrected chi connectivity index (χ1v) is 12.2. The van der Waals surface area contributed by atoms with E-state index in [1.54, 1.807) is 0 Å². The number of rotatable bonds is 10. The van der Waals surface area contributed by atoms with Crippen LogP contribution in [-0.2, 0) is 27.1 Å². The van der Waals surface area contributed by atoms with Gasteiger partial charge in [0.05, 0.1) is 25.5 Å². The molecule has 164 valence electrons. The number of nitrogens with one attached hydrogen (secondary N) is 2. The van der Waals surface area contributed by atoms with E-state index in [-0.39, 0.29) is 5.75 Å². The van der Waals surface area contributed by atoms with Crippen LogP contribution in [0.4, 0.5) is 0 Å². The van der Waals surface area contributed by atoms with Crippen molar-refractivity contribution in [2.45, 2.75) is 45.9 Å². The van der Waals surface area contributed by atoms with E-state index in [9.17, 15) is 8.42 Å². The van der Waals surface area contributed by atoms with Gasteiger partial charge in [-0.25, -0.2) is 13.4 Å². The standard InChI is InChI=1S/C21H36N4O3S/c1-4-22-21(23-11-7-8-18(2)3)24-16-19-9-5-6-10-20(19)17-29(26,27)25-12-14-28-15-13-25/h5-6,9-10,18H,4,7-8,11-17H2,1-3H3,(H2,22,23,24). The van der Waals surface area contributed by atoms with E-state index in [4.69, 9.17) is 4.74 Å². The van der Waals surface area contributed by atoms with E-state index in [1.807, 2.05) is 31.2 Å². The summed E-state index contributed by atoms with van der Waals surface area (Å²) >= 11 is 0. The van der Waals surface area contributed by atoms with E-state index in [0.29, 0.717) is 38.8 Å². The third-order valence-electron chi connectivity index (χ3n) is 4.82. The Bertz CT molecular complexity index is 744.